The number of carbonyl (C=O) groups excluding carboxylic acids is 1. The van der Waals surface area contributed by atoms with Crippen molar-refractivity contribution in [2.75, 3.05) is 29.1 Å². The molecule has 0 bridgehead atoms. The third-order valence-corrected chi connectivity index (χ3v) is 8.43. The number of rotatable bonds is 8. The van der Waals surface area contributed by atoms with Crippen LogP contribution in [0, 0.1) is 11.3 Å². The Bertz CT molecular complexity index is 1190. The normalized spacial score (nSPS) is 13.1. The van der Waals surface area contributed by atoms with Crippen molar-refractivity contribution in [2.45, 2.75) is 51.1 Å². The molecule has 9 heteroatoms. The molecule has 0 atom stereocenters. The zero-order valence-corrected chi connectivity index (χ0v) is 21.6. The van der Waals surface area contributed by atoms with Gasteiger partial charge < -0.3 is 14.8 Å². The predicted molar refractivity (Wildman–Crippen MR) is 140 cm³/mol. The topological polar surface area (TPSA) is 86.8 Å². The van der Waals surface area contributed by atoms with Crippen LogP contribution in [-0.2, 0) is 24.7 Å². The molecule has 0 radical (unpaired) electrons. The molecule has 178 valence electrons. The molecule has 34 heavy (non-hydrogen) atoms. The van der Waals surface area contributed by atoms with Crippen LogP contribution in [0.25, 0.3) is 11.4 Å². The van der Waals surface area contributed by atoms with E-state index in [0.717, 1.165) is 55.7 Å². The first-order valence-corrected chi connectivity index (χ1v) is 13.6. The van der Waals surface area contributed by atoms with Crippen LogP contribution in [0.2, 0.25) is 0 Å². The van der Waals surface area contributed by atoms with E-state index >= 15 is 0 Å². The SMILES string of the molecule is CCN(CC)c1ccc(-c2nnc(SCC(=O)Nc3sc4c(c3C#N)CCCCC4)n2C)cc1. The number of benzene rings is 1. The fourth-order valence-corrected chi connectivity index (χ4v) is 6.31. The minimum absolute atomic E-state index is 0.133. The molecule has 1 aromatic carbocycles. The molecule has 0 spiro atoms. The highest BCUT2D eigenvalue weighted by Gasteiger charge is 2.21. The summed E-state index contributed by atoms with van der Waals surface area (Å²) in [5, 5.41) is 22.7. The van der Waals surface area contributed by atoms with E-state index in [0.29, 0.717) is 15.7 Å². The number of aryl methyl sites for hydroxylation is 1. The maximum atomic E-state index is 12.7. The molecular weight excluding hydrogens is 464 g/mol. The van der Waals surface area contributed by atoms with Gasteiger partial charge >= 0.3 is 0 Å². The average molecular weight is 495 g/mol. The molecule has 4 rings (SSSR count). The maximum Gasteiger partial charge on any atom is 0.235 e. The Morgan fingerprint density at radius 3 is 2.62 bits per heavy atom. The van der Waals surface area contributed by atoms with Crippen LogP contribution in [0.15, 0.2) is 29.4 Å². The van der Waals surface area contributed by atoms with Crippen molar-refractivity contribution in [3.63, 3.8) is 0 Å². The van der Waals surface area contributed by atoms with E-state index in [1.807, 2.05) is 11.6 Å². The number of anilines is 2. The van der Waals surface area contributed by atoms with Crippen LogP contribution >= 0.6 is 23.1 Å². The molecule has 2 aromatic heterocycles. The van der Waals surface area contributed by atoms with Crippen LogP contribution < -0.4 is 10.2 Å². The van der Waals surface area contributed by atoms with Crippen molar-refractivity contribution in [2.24, 2.45) is 7.05 Å². The fourth-order valence-electron chi connectivity index (χ4n) is 4.34. The van der Waals surface area contributed by atoms with Crippen molar-refractivity contribution in [3.8, 4) is 17.5 Å². The molecular formula is C25H30N6OS2. The number of amides is 1. The monoisotopic (exact) mass is 494 g/mol. The highest BCUT2D eigenvalue weighted by Crippen LogP contribution is 2.37. The fraction of sp³-hybridized carbons (Fsp3) is 0.440. The lowest BCUT2D eigenvalue weighted by Crippen LogP contribution is -2.21. The number of aromatic nitrogens is 3. The maximum absolute atomic E-state index is 12.7. The van der Waals surface area contributed by atoms with Crippen LogP contribution in [0.1, 0.15) is 49.1 Å². The molecule has 7 nitrogen and oxygen atoms in total. The molecule has 3 aromatic rings. The summed E-state index contributed by atoms with van der Waals surface area (Å²) in [5.74, 6) is 0.842. The van der Waals surface area contributed by atoms with Gasteiger partial charge in [0.1, 0.15) is 11.1 Å². The first-order valence-electron chi connectivity index (χ1n) is 11.8. The molecule has 1 aliphatic rings. The summed E-state index contributed by atoms with van der Waals surface area (Å²) in [6.45, 7) is 6.23. The van der Waals surface area contributed by atoms with Gasteiger partial charge in [0.05, 0.1) is 11.3 Å². The molecule has 2 heterocycles. The van der Waals surface area contributed by atoms with Crippen molar-refractivity contribution in [1.82, 2.24) is 14.8 Å². The standard InChI is InChI=1S/C25H30N6OS2/c1-4-31(5-2)18-13-11-17(12-14-18)23-28-29-25(30(23)3)33-16-22(32)27-24-20(15-26)19-9-7-6-8-10-21(19)34-24/h11-14H,4-10,16H2,1-3H3,(H,27,32). The lowest BCUT2D eigenvalue weighted by molar-refractivity contribution is -0.113. The van der Waals surface area contributed by atoms with Gasteiger partial charge in [-0.15, -0.1) is 21.5 Å². The van der Waals surface area contributed by atoms with E-state index in [-0.39, 0.29) is 11.7 Å². The second kappa shape index (κ2) is 11.1. The van der Waals surface area contributed by atoms with Gasteiger partial charge in [0.15, 0.2) is 11.0 Å². The Balaban J connectivity index is 1.41. The smallest absolute Gasteiger partial charge is 0.235 e. The molecule has 1 amide bonds. The number of nitriles is 1. The lowest BCUT2D eigenvalue weighted by Gasteiger charge is -2.21. The summed E-state index contributed by atoms with van der Waals surface area (Å²) < 4.78 is 1.92. The second-order valence-corrected chi connectivity index (χ2v) is 10.3. The summed E-state index contributed by atoms with van der Waals surface area (Å²) >= 11 is 2.91. The first-order chi connectivity index (χ1) is 16.5. The van der Waals surface area contributed by atoms with Crippen molar-refractivity contribution in [1.29, 1.82) is 5.26 Å². The zero-order valence-electron chi connectivity index (χ0n) is 19.9. The van der Waals surface area contributed by atoms with Gasteiger partial charge in [-0.3, -0.25) is 4.79 Å². The van der Waals surface area contributed by atoms with Gasteiger partial charge in [0, 0.05) is 36.3 Å². The first kappa shape index (κ1) is 24.3. The molecule has 0 fully saturated rings. The number of fused-ring (bicyclic) bond motifs is 1. The van der Waals surface area contributed by atoms with E-state index in [4.69, 9.17) is 0 Å². The summed E-state index contributed by atoms with van der Waals surface area (Å²) in [4.78, 5) is 16.2. The molecule has 0 aliphatic heterocycles. The number of nitrogens with one attached hydrogen (secondary N) is 1. The Kier molecular flexibility index (Phi) is 7.91. The molecule has 1 aliphatic carbocycles. The van der Waals surface area contributed by atoms with Crippen LogP contribution in [0.5, 0.6) is 0 Å². The van der Waals surface area contributed by atoms with E-state index < -0.39 is 0 Å². The van der Waals surface area contributed by atoms with Crippen LogP contribution in [0.4, 0.5) is 10.7 Å². The summed E-state index contributed by atoms with van der Waals surface area (Å²) in [6.07, 6.45) is 5.38. The number of thioether (sulfide) groups is 1. The zero-order chi connectivity index (χ0) is 24.1. The van der Waals surface area contributed by atoms with Crippen LogP contribution in [-0.4, -0.2) is 39.5 Å². The van der Waals surface area contributed by atoms with E-state index in [2.05, 4.69) is 64.6 Å². The third kappa shape index (κ3) is 5.13. The van der Waals surface area contributed by atoms with E-state index in [9.17, 15) is 10.1 Å². The van der Waals surface area contributed by atoms with E-state index in [1.54, 1.807) is 11.3 Å². The van der Waals surface area contributed by atoms with Crippen molar-refractivity contribution < 1.29 is 4.79 Å². The number of thiophene rings is 1. The number of carbonyl (C=O) groups is 1. The molecule has 0 unspecified atom stereocenters. The Morgan fingerprint density at radius 1 is 1.18 bits per heavy atom. The summed E-state index contributed by atoms with van der Waals surface area (Å²) in [6, 6.07) is 10.6. The van der Waals surface area contributed by atoms with Crippen LogP contribution in [0.3, 0.4) is 0 Å². The van der Waals surface area contributed by atoms with Gasteiger partial charge in [-0.25, -0.2) is 0 Å². The predicted octanol–water partition coefficient (Wildman–Crippen LogP) is 5.26. The van der Waals surface area contributed by atoms with Gasteiger partial charge in [0.25, 0.3) is 0 Å². The third-order valence-electron chi connectivity index (χ3n) is 6.21. The van der Waals surface area contributed by atoms with Gasteiger partial charge in [-0.05, 0) is 69.4 Å². The lowest BCUT2D eigenvalue weighted by atomic mass is 10.1. The molecule has 1 N–H and O–H groups in total. The highest BCUT2D eigenvalue weighted by molar-refractivity contribution is 7.99. The Morgan fingerprint density at radius 2 is 1.91 bits per heavy atom. The highest BCUT2D eigenvalue weighted by atomic mass is 32.2. The molecule has 0 saturated carbocycles. The van der Waals surface area contributed by atoms with Gasteiger partial charge in [0.2, 0.25) is 5.91 Å². The van der Waals surface area contributed by atoms with Crippen molar-refractivity contribution >= 4 is 39.7 Å². The quantitative estimate of drug-likeness (QED) is 0.339. The van der Waals surface area contributed by atoms with Crippen molar-refractivity contribution in [3.05, 3.63) is 40.3 Å². The Labute approximate surface area is 209 Å². The number of hydrogen-bond donors (Lipinski definition) is 1. The summed E-state index contributed by atoms with van der Waals surface area (Å²) in [7, 11) is 1.91. The van der Waals surface area contributed by atoms with Gasteiger partial charge in [-0.1, -0.05) is 18.2 Å². The van der Waals surface area contributed by atoms with Gasteiger partial charge in [-0.2, -0.15) is 5.26 Å². The largest absolute Gasteiger partial charge is 0.372 e. The minimum atomic E-state index is -0.133. The Hall–Kier alpha value is -2.83. The average Bonchev–Trinajstić information content (AvgIpc) is 3.28. The minimum Gasteiger partial charge on any atom is -0.372 e. The summed E-state index contributed by atoms with van der Waals surface area (Å²) in [5.41, 5.74) is 3.96. The number of hydrogen-bond acceptors (Lipinski definition) is 7. The second-order valence-electron chi connectivity index (χ2n) is 8.30. The number of nitrogens with zero attached hydrogens (tertiary/aromatic N) is 5. The van der Waals surface area contributed by atoms with E-state index in [1.165, 1.54) is 28.7 Å². The molecule has 0 saturated heterocycles.